The van der Waals surface area contributed by atoms with Gasteiger partial charge in [0.15, 0.2) is 0 Å². The quantitative estimate of drug-likeness (QED) is 0.689. The summed E-state index contributed by atoms with van der Waals surface area (Å²) in [6.45, 7) is 2.02. The molecule has 4 nitrogen and oxygen atoms in total. The number of nitrogens with zero attached hydrogens (tertiary/aromatic N) is 1. The average molecular weight is 345 g/mol. The average Bonchev–Trinajstić information content (AvgIpc) is 3.23. The molecular formula is C22H23N3O. The van der Waals surface area contributed by atoms with E-state index in [0.29, 0.717) is 0 Å². The van der Waals surface area contributed by atoms with Crippen molar-refractivity contribution < 1.29 is 4.74 Å². The summed E-state index contributed by atoms with van der Waals surface area (Å²) in [5, 5.41) is 5.53. The van der Waals surface area contributed by atoms with Gasteiger partial charge < -0.3 is 15.1 Å². The van der Waals surface area contributed by atoms with Gasteiger partial charge in [0, 0.05) is 37.0 Å². The number of hydrogen-bond acceptors (Lipinski definition) is 4. The van der Waals surface area contributed by atoms with Gasteiger partial charge in [0.25, 0.3) is 0 Å². The molecule has 0 radical (unpaired) electrons. The van der Waals surface area contributed by atoms with E-state index in [-0.39, 0.29) is 0 Å². The molecule has 132 valence electrons. The highest BCUT2D eigenvalue weighted by Crippen LogP contribution is 2.39. The topological polar surface area (TPSA) is 36.5 Å². The van der Waals surface area contributed by atoms with Crippen LogP contribution < -0.4 is 20.5 Å². The lowest BCUT2D eigenvalue weighted by Gasteiger charge is -2.23. The Labute approximate surface area is 154 Å². The molecule has 0 amide bonds. The molecule has 0 aliphatic carbocycles. The Morgan fingerprint density at radius 3 is 2.46 bits per heavy atom. The molecule has 0 saturated carbocycles. The highest BCUT2D eigenvalue weighted by molar-refractivity contribution is 5.87. The minimum Gasteiger partial charge on any atom is -0.457 e. The van der Waals surface area contributed by atoms with Gasteiger partial charge in [-0.15, -0.1) is 0 Å². The second-order valence-electron chi connectivity index (χ2n) is 6.30. The van der Waals surface area contributed by atoms with Crippen molar-refractivity contribution in [1.29, 1.82) is 0 Å². The summed E-state index contributed by atoms with van der Waals surface area (Å²) in [4.78, 5) is 0. The molecule has 4 heteroatoms. The van der Waals surface area contributed by atoms with Crippen molar-refractivity contribution in [3.8, 4) is 22.6 Å². The maximum atomic E-state index is 6.07. The molecular weight excluding hydrogens is 322 g/mol. The van der Waals surface area contributed by atoms with Crippen molar-refractivity contribution in [2.24, 2.45) is 0 Å². The third-order valence-electron chi connectivity index (χ3n) is 4.59. The second kappa shape index (κ2) is 7.50. The van der Waals surface area contributed by atoms with E-state index in [0.717, 1.165) is 47.8 Å². The van der Waals surface area contributed by atoms with Gasteiger partial charge in [0.2, 0.25) is 0 Å². The number of anilines is 2. The van der Waals surface area contributed by atoms with E-state index < -0.39 is 0 Å². The molecule has 0 aromatic heterocycles. The molecule has 0 atom stereocenters. The van der Waals surface area contributed by atoms with Crippen LogP contribution in [0.3, 0.4) is 0 Å². The van der Waals surface area contributed by atoms with Gasteiger partial charge in [-0.25, -0.2) is 5.43 Å². The first-order valence-corrected chi connectivity index (χ1v) is 9.00. The Balaban J connectivity index is 1.78. The predicted molar refractivity (Wildman–Crippen MR) is 108 cm³/mol. The fourth-order valence-electron chi connectivity index (χ4n) is 3.33. The van der Waals surface area contributed by atoms with Crippen molar-refractivity contribution in [3.05, 3.63) is 72.8 Å². The van der Waals surface area contributed by atoms with Gasteiger partial charge in [-0.3, -0.25) is 0 Å². The lowest BCUT2D eigenvalue weighted by Crippen LogP contribution is -2.30. The second-order valence-corrected chi connectivity index (χ2v) is 6.30. The van der Waals surface area contributed by atoms with Gasteiger partial charge in [-0.05, 0) is 42.8 Å². The van der Waals surface area contributed by atoms with E-state index in [1.807, 2.05) is 49.5 Å². The zero-order valence-corrected chi connectivity index (χ0v) is 14.9. The molecule has 1 fully saturated rings. The number of para-hydroxylation sites is 2. The smallest absolute Gasteiger partial charge is 0.128 e. The number of benzene rings is 3. The maximum Gasteiger partial charge on any atom is 0.128 e. The number of ether oxygens (including phenoxy) is 1. The summed E-state index contributed by atoms with van der Waals surface area (Å²) >= 11 is 0. The van der Waals surface area contributed by atoms with E-state index in [2.05, 4.69) is 46.1 Å². The SMILES string of the molecule is CNc1ccccc1-c1cc(Oc2ccccc2)ccc1N1CCCN1. The lowest BCUT2D eigenvalue weighted by molar-refractivity contribution is 0.483. The first kappa shape index (κ1) is 16.5. The van der Waals surface area contributed by atoms with Crippen molar-refractivity contribution in [1.82, 2.24) is 5.43 Å². The van der Waals surface area contributed by atoms with E-state index in [1.165, 1.54) is 5.69 Å². The molecule has 1 saturated heterocycles. The normalized spacial score (nSPS) is 13.7. The van der Waals surface area contributed by atoms with E-state index in [4.69, 9.17) is 4.74 Å². The Bertz CT molecular complexity index is 874. The van der Waals surface area contributed by atoms with Crippen molar-refractivity contribution in [2.75, 3.05) is 30.5 Å². The van der Waals surface area contributed by atoms with Crippen LogP contribution in [0.15, 0.2) is 72.8 Å². The predicted octanol–water partition coefficient (Wildman–Crippen LogP) is 4.90. The van der Waals surface area contributed by atoms with Gasteiger partial charge in [-0.1, -0.05) is 36.4 Å². The summed E-state index contributed by atoms with van der Waals surface area (Å²) in [6.07, 6.45) is 1.15. The summed E-state index contributed by atoms with van der Waals surface area (Å²) in [5.74, 6) is 1.67. The van der Waals surface area contributed by atoms with Crippen LogP contribution in [-0.2, 0) is 0 Å². The van der Waals surface area contributed by atoms with E-state index >= 15 is 0 Å². The van der Waals surface area contributed by atoms with Crippen LogP contribution >= 0.6 is 0 Å². The zero-order valence-electron chi connectivity index (χ0n) is 14.9. The Morgan fingerprint density at radius 1 is 0.885 bits per heavy atom. The minimum atomic E-state index is 0.833. The van der Waals surface area contributed by atoms with Crippen LogP contribution in [0.25, 0.3) is 11.1 Å². The van der Waals surface area contributed by atoms with Crippen LogP contribution in [-0.4, -0.2) is 20.1 Å². The Hall–Kier alpha value is -2.98. The van der Waals surface area contributed by atoms with Gasteiger partial charge in [0.1, 0.15) is 11.5 Å². The van der Waals surface area contributed by atoms with Crippen molar-refractivity contribution in [2.45, 2.75) is 6.42 Å². The van der Waals surface area contributed by atoms with E-state index in [1.54, 1.807) is 0 Å². The molecule has 0 unspecified atom stereocenters. The monoisotopic (exact) mass is 345 g/mol. The molecule has 1 aliphatic rings. The van der Waals surface area contributed by atoms with Crippen LogP contribution in [0.4, 0.5) is 11.4 Å². The lowest BCUT2D eigenvalue weighted by atomic mass is 10.0. The van der Waals surface area contributed by atoms with E-state index in [9.17, 15) is 0 Å². The largest absolute Gasteiger partial charge is 0.457 e. The summed E-state index contributed by atoms with van der Waals surface area (Å²) in [7, 11) is 1.96. The minimum absolute atomic E-state index is 0.833. The third kappa shape index (κ3) is 3.37. The van der Waals surface area contributed by atoms with Crippen LogP contribution in [0.1, 0.15) is 6.42 Å². The molecule has 26 heavy (non-hydrogen) atoms. The first-order valence-electron chi connectivity index (χ1n) is 9.00. The highest BCUT2D eigenvalue weighted by atomic mass is 16.5. The van der Waals surface area contributed by atoms with Gasteiger partial charge in [0.05, 0.1) is 5.69 Å². The number of rotatable bonds is 5. The van der Waals surface area contributed by atoms with Crippen LogP contribution in [0, 0.1) is 0 Å². The molecule has 2 N–H and O–H groups in total. The van der Waals surface area contributed by atoms with Crippen LogP contribution in [0.2, 0.25) is 0 Å². The molecule has 0 spiro atoms. The van der Waals surface area contributed by atoms with Crippen LogP contribution in [0.5, 0.6) is 11.5 Å². The molecule has 0 bridgehead atoms. The summed E-state index contributed by atoms with van der Waals surface area (Å²) in [5.41, 5.74) is 8.05. The summed E-state index contributed by atoms with van der Waals surface area (Å²) < 4.78 is 6.07. The highest BCUT2D eigenvalue weighted by Gasteiger charge is 2.18. The molecule has 1 aliphatic heterocycles. The number of hydrogen-bond donors (Lipinski definition) is 2. The Kier molecular flexibility index (Phi) is 4.75. The molecule has 3 aromatic rings. The Morgan fingerprint density at radius 2 is 1.69 bits per heavy atom. The molecule has 1 heterocycles. The fraction of sp³-hybridized carbons (Fsp3) is 0.182. The number of hydrazine groups is 1. The fourth-order valence-corrected chi connectivity index (χ4v) is 3.33. The summed E-state index contributed by atoms with van der Waals surface area (Å²) in [6, 6.07) is 24.6. The maximum absolute atomic E-state index is 6.07. The third-order valence-corrected chi connectivity index (χ3v) is 4.59. The number of nitrogens with one attached hydrogen (secondary N) is 2. The molecule has 3 aromatic carbocycles. The van der Waals surface area contributed by atoms with Gasteiger partial charge >= 0.3 is 0 Å². The first-order chi connectivity index (χ1) is 12.8. The van der Waals surface area contributed by atoms with Crippen molar-refractivity contribution >= 4 is 11.4 Å². The van der Waals surface area contributed by atoms with Gasteiger partial charge in [-0.2, -0.15) is 0 Å². The zero-order chi connectivity index (χ0) is 17.8. The molecule has 4 rings (SSSR count). The standard InChI is InChI=1S/C22H23N3O/c1-23-21-11-6-5-10-19(21)20-16-18(26-17-8-3-2-4-9-17)12-13-22(20)25-15-7-14-24-25/h2-6,8-13,16,23-24H,7,14-15H2,1H3. The van der Waals surface area contributed by atoms with Crippen molar-refractivity contribution in [3.63, 3.8) is 0 Å².